The molecular weight excluding hydrogens is 250 g/mol. The van der Waals surface area contributed by atoms with Crippen molar-refractivity contribution >= 4 is 11.9 Å². The van der Waals surface area contributed by atoms with Crippen LogP contribution in [-0.2, 0) is 16.0 Å². The van der Waals surface area contributed by atoms with Gasteiger partial charge in [0.2, 0.25) is 5.91 Å². The number of carboxylic acids is 1. The molecule has 1 amide bonds. The summed E-state index contributed by atoms with van der Waals surface area (Å²) in [5.41, 5.74) is 1.31. The van der Waals surface area contributed by atoms with Crippen molar-refractivity contribution in [2.45, 2.75) is 26.3 Å². The van der Waals surface area contributed by atoms with Crippen molar-refractivity contribution in [3.63, 3.8) is 0 Å². The minimum atomic E-state index is -1.12. The van der Waals surface area contributed by atoms with Crippen molar-refractivity contribution in [2.75, 3.05) is 7.11 Å². The molecule has 0 aliphatic rings. The highest BCUT2D eigenvalue weighted by Gasteiger charge is 2.20. The molecule has 0 heterocycles. The van der Waals surface area contributed by atoms with Crippen molar-refractivity contribution in [1.29, 1.82) is 0 Å². The number of phenols is 1. The summed E-state index contributed by atoms with van der Waals surface area (Å²) >= 11 is 0. The summed E-state index contributed by atoms with van der Waals surface area (Å²) in [6.45, 7) is 3.00. The van der Waals surface area contributed by atoms with Crippen LogP contribution in [0.3, 0.4) is 0 Å². The number of benzene rings is 1. The summed E-state index contributed by atoms with van der Waals surface area (Å²) < 4.78 is 5.01. The van der Waals surface area contributed by atoms with Crippen molar-refractivity contribution in [2.24, 2.45) is 0 Å². The molecule has 0 aliphatic heterocycles. The van der Waals surface area contributed by atoms with Gasteiger partial charge in [0, 0.05) is 13.3 Å². The largest absolute Gasteiger partial charge is 0.504 e. The molecule has 1 rings (SSSR count). The van der Waals surface area contributed by atoms with Crippen LogP contribution in [0.15, 0.2) is 12.1 Å². The number of ether oxygens (including phenoxy) is 1. The van der Waals surface area contributed by atoms with E-state index in [1.54, 1.807) is 13.0 Å². The molecular formula is C13H17NO5. The quantitative estimate of drug-likeness (QED) is 0.734. The fraction of sp³-hybridized carbons (Fsp3) is 0.385. The summed E-state index contributed by atoms with van der Waals surface area (Å²) in [7, 11) is 1.44. The van der Waals surface area contributed by atoms with Gasteiger partial charge in [-0.15, -0.1) is 0 Å². The third kappa shape index (κ3) is 3.87. The molecule has 104 valence electrons. The van der Waals surface area contributed by atoms with Crippen LogP contribution < -0.4 is 10.1 Å². The molecule has 1 aromatic rings. The van der Waals surface area contributed by atoms with Crippen LogP contribution in [0, 0.1) is 6.92 Å². The maximum absolute atomic E-state index is 11.0. The number of carbonyl (C=O) groups is 2. The van der Waals surface area contributed by atoms with Gasteiger partial charge in [-0.2, -0.15) is 0 Å². The first-order chi connectivity index (χ1) is 8.85. The van der Waals surface area contributed by atoms with E-state index in [0.717, 1.165) is 0 Å². The predicted molar refractivity (Wildman–Crippen MR) is 68.3 cm³/mol. The predicted octanol–water partition coefficient (Wildman–Crippen LogP) is 0.841. The highest BCUT2D eigenvalue weighted by molar-refractivity contribution is 5.82. The molecule has 0 saturated carbocycles. The average Bonchev–Trinajstić information content (AvgIpc) is 2.27. The average molecular weight is 267 g/mol. The molecule has 0 fully saturated rings. The number of aromatic hydroxyl groups is 1. The van der Waals surface area contributed by atoms with Gasteiger partial charge in [-0.25, -0.2) is 4.79 Å². The summed E-state index contributed by atoms with van der Waals surface area (Å²) in [6.07, 6.45) is 0.0906. The SMILES string of the molecule is COc1c(C)cc(CC(NC(C)=O)C(=O)O)cc1O. The van der Waals surface area contributed by atoms with E-state index in [0.29, 0.717) is 16.9 Å². The Kier molecular flexibility index (Phi) is 4.74. The molecule has 1 atom stereocenters. The Balaban J connectivity index is 2.97. The van der Waals surface area contributed by atoms with E-state index in [1.165, 1.54) is 20.1 Å². The molecule has 0 radical (unpaired) electrons. The molecule has 1 unspecified atom stereocenters. The second-order valence-electron chi connectivity index (χ2n) is 4.26. The van der Waals surface area contributed by atoms with Gasteiger partial charge in [0.15, 0.2) is 11.5 Å². The molecule has 0 aromatic heterocycles. The zero-order valence-corrected chi connectivity index (χ0v) is 11.1. The molecule has 0 spiro atoms. The second-order valence-corrected chi connectivity index (χ2v) is 4.26. The fourth-order valence-electron chi connectivity index (χ4n) is 1.89. The minimum Gasteiger partial charge on any atom is -0.504 e. The van der Waals surface area contributed by atoms with E-state index < -0.39 is 17.9 Å². The minimum absolute atomic E-state index is 0.0514. The van der Waals surface area contributed by atoms with Crippen LogP contribution in [0.2, 0.25) is 0 Å². The summed E-state index contributed by atoms with van der Waals surface area (Å²) in [5, 5.41) is 21.1. The van der Waals surface area contributed by atoms with Gasteiger partial charge in [0.25, 0.3) is 0 Å². The van der Waals surface area contributed by atoms with Crippen molar-refractivity contribution < 1.29 is 24.5 Å². The Morgan fingerprint density at radius 2 is 2.05 bits per heavy atom. The molecule has 19 heavy (non-hydrogen) atoms. The maximum Gasteiger partial charge on any atom is 0.326 e. The number of carboxylic acid groups (broad SMARTS) is 1. The molecule has 1 aromatic carbocycles. The lowest BCUT2D eigenvalue weighted by molar-refractivity contribution is -0.141. The van der Waals surface area contributed by atoms with Gasteiger partial charge in [0.1, 0.15) is 6.04 Å². The Hall–Kier alpha value is -2.24. The number of aliphatic carboxylic acids is 1. The number of hydrogen-bond donors (Lipinski definition) is 3. The summed E-state index contributed by atoms with van der Waals surface area (Å²) in [6, 6.07) is 2.13. The second kappa shape index (κ2) is 6.08. The van der Waals surface area contributed by atoms with E-state index in [4.69, 9.17) is 9.84 Å². The van der Waals surface area contributed by atoms with Crippen LogP contribution in [0.4, 0.5) is 0 Å². The molecule has 0 bridgehead atoms. The first-order valence-corrected chi connectivity index (χ1v) is 5.71. The normalized spacial score (nSPS) is 11.7. The van der Waals surface area contributed by atoms with Crippen molar-refractivity contribution in [3.05, 3.63) is 23.3 Å². The highest BCUT2D eigenvalue weighted by Crippen LogP contribution is 2.31. The number of carbonyl (C=O) groups excluding carboxylic acids is 1. The molecule has 6 heteroatoms. The Morgan fingerprint density at radius 3 is 2.47 bits per heavy atom. The number of phenolic OH excluding ortho intramolecular Hbond substituents is 1. The van der Waals surface area contributed by atoms with Crippen LogP contribution >= 0.6 is 0 Å². The fourth-order valence-corrected chi connectivity index (χ4v) is 1.89. The number of hydrogen-bond acceptors (Lipinski definition) is 4. The van der Waals surface area contributed by atoms with E-state index in [-0.39, 0.29) is 12.2 Å². The molecule has 0 saturated heterocycles. The molecule has 6 nitrogen and oxygen atoms in total. The summed E-state index contributed by atoms with van der Waals surface area (Å²) in [4.78, 5) is 22.0. The third-order valence-electron chi connectivity index (χ3n) is 2.63. The van der Waals surface area contributed by atoms with E-state index in [9.17, 15) is 14.7 Å². The third-order valence-corrected chi connectivity index (χ3v) is 2.63. The van der Waals surface area contributed by atoms with Crippen LogP contribution in [-0.4, -0.2) is 35.2 Å². The first-order valence-electron chi connectivity index (χ1n) is 5.71. The number of aryl methyl sites for hydroxylation is 1. The molecule has 3 N–H and O–H groups in total. The Bertz CT molecular complexity index is 475. The van der Waals surface area contributed by atoms with Gasteiger partial charge in [-0.3, -0.25) is 4.79 Å². The topological polar surface area (TPSA) is 95.9 Å². The lowest BCUT2D eigenvalue weighted by atomic mass is 10.0. The van der Waals surface area contributed by atoms with E-state index in [1.807, 2.05) is 0 Å². The van der Waals surface area contributed by atoms with E-state index in [2.05, 4.69) is 5.32 Å². The van der Waals surface area contributed by atoms with E-state index >= 15 is 0 Å². The first kappa shape index (κ1) is 14.8. The van der Waals surface area contributed by atoms with Gasteiger partial charge in [-0.05, 0) is 24.1 Å². The van der Waals surface area contributed by atoms with Crippen LogP contribution in [0.5, 0.6) is 11.5 Å². The van der Waals surface area contributed by atoms with Gasteiger partial charge in [-0.1, -0.05) is 6.07 Å². The highest BCUT2D eigenvalue weighted by atomic mass is 16.5. The van der Waals surface area contributed by atoms with Crippen molar-refractivity contribution in [1.82, 2.24) is 5.32 Å². The lowest BCUT2D eigenvalue weighted by Crippen LogP contribution is -2.41. The Morgan fingerprint density at radius 1 is 1.42 bits per heavy atom. The number of amides is 1. The van der Waals surface area contributed by atoms with Crippen LogP contribution in [0.25, 0.3) is 0 Å². The number of nitrogens with one attached hydrogen (secondary N) is 1. The van der Waals surface area contributed by atoms with Gasteiger partial charge in [0.05, 0.1) is 7.11 Å². The lowest BCUT2D eigenvalue weighted by Gasteiger charge is -2.15. The molecule has 0 aliphatic carbocycles. The number of methoxy groups -OCH3 is 1. The monoisotopic (exact) mass is 267 g/mol. The van der Waals surface area contributed by atoms with Gasteiger partial charge < -0.3 is 20.3 Å². The standard InChI is InChI=1S/C13H17NO5/c1-7-4-9(6-11(16)12(7)19-3)5-10(13(17)18)14-8(2)15/h4,6,10,16H,5H2,1-3H3,(H,14,15)(H,17,18). The zero-order chi connectivity index (χ0) is 14.6. The smallest absolute Gasteiger partial charge is 0.326 e. The number of rotatable bonds is 5. The van der Waals surface area contributed by atoms with Crippen molar-refractivity contribution in [3.8, 4) is 11.5 Å². The van der Waals surface area contributed by atoms with Gasteiger partial charge >= 0.3 is 5.97 Å². The van der Waals surface area contributed by atoms with Crippen LogP contribution in [0.1, 0.15) is 18.1 Å². The summed E-state index contributed by atoms with van der Waals surface area (Å²) in [5.74, 6) is -1.23. The zero-order valence-electron chi connectivity index (χ0n) is 11.1. The maximum atomic E-state index is 11.0. The Labute approximate surface area is 111 Å².